The monoisotopic (exact) mass is 795 g/mol. The molecule has 1 N–H and O–H groups in total. The molecular weight excluding hydrogens is 747 g/mol. The zero-order valence-corrected chi connectivity index (χ0v) is 34.3. The van der Waals surface area contributed by atoms with Crippen molar-refractivity contribution in [1.82, 2.24) is 4.90 Å². The highest BCUT2D eigenvalue weighted by molar-refractivity contribution is 6.91. The fourth-order valence-corrected chi connectivity index (χ4v) is 13.5. The third-order valence-corrected chi connectivity index (χ3v) is 16.6. The van der Waals surface area contributed by atoms with Crippen LogP contribution in [-0.2, 0) is 37.8 Å². The van der Waals surface area contributed by atoms with Gasteiger partial charge in [-0.2, -0.15) is 0 Å². The smallest absolute Gasteiger partial charge is 0.269 e. The fraction of sp³-hybridized carbons (Fsp3) is 0.298. The van der Waals surface area contributed by atoms with Crippen LogP contribution in [0.25, 0.3) is 0 Å². The molecule has 3 amide bonds. The van der Waals surface area contributed by atoms with Crippen LogP contribution in [0.3, 0.4) is 0 Å². The molecule has 0 bridgehead atoms. The number of carbonyl (C=O) groups is 3. The molecule has 1 saturated heterocycles. The molecule has 0 saturated carbocycles. The molecule has 58 heavy (non-hydrogen) atoms. The third kappa shape index (κ3) is 6.86. The highest BCUT2D eigenvalue weighted by Gasteiger charge is 2.66. The van der Waals surface area contributed by atoms with Crippen molar-refractivity contribution in [2.45, 2.75) is 56.8 Å². The zero-order valence-electron chi connectivity index (χ0n) is 33.3. The molecule has 11 heteroatoms. The molecule has 0 radical (unpaired) electrons. The molecule has 298 valence electrons. The molecule has 0 unspecified atom stereocenters. The van der Waals surface area contributed by atoms with Crippen LogP contribution < -0.4 is 24.5 Å². The van der Waals surface area contributed by atoms with Gasteiger partial charge in [-0.3, -0.25) is 19.3 Å². The van der Waals surface area contributed by atoms with Crippen molar-refractivity contribution in [3.8, 4) is 11.5 Å². The van der Waals surface area contributed by atoms with E-state index in [9.17, 15) is 14.7 Å². The van der Waals surface area contributed by atoms with Gasteiger partial charge in [0.15, 0.2) is 12.2 Å². The van der Waals surface area contributed by atoms with Gasteiger partial charge in [-0.1, -0.05) is 110 Å². The maximum Gasteiger partial charge on any atom is 0.269 e. The first-order valence-corrected chi connectivity index (χ1v) is 22.9. The lowest BCUT2D eigenvalue weighted by Crippen LogP contribution is -2.52. The molecule has 4 atom stereocenters. The number of aliphatic hydroxyl groups excluding tert-OH is 1. The predicted octanol–water partition coefficient (Wildman–Crippen LogP) is 6.93. The lowest BCUT2D eigenvalue weighted by Gasteiger charge is -2.37. The van der Waals surface area contributed by atoms with E-state index in [2.05, 4.69) is 32.2 Å². The number of hydrogen-bond acceptors (Lipinski definition) is 7. The van der Waals surface area contributed by atoms with Gasteiger partial charge >= 0.3 is 0 Å². The number of benzene rings is 5. The van der Waals surface area contributed by atoms with Crippen LogP contribution in [0.2, 0.25) is 18.6 Å². The minimum Gasteiger partial charge on any atom is -0.497 e. The van der Waals surface area contributed by atoms with Crippen LogP contribution in [0.15, 0.2) is 127 Å². The summed E-state index contributed by atoms with van der Waals surface area (Å²) in [6.07, 6.45) is -0.627. The SMILES string of the molecule is COc1ccc([Si](C)(C)[C@H]2[C@H](CC(=O)N(CCO)Cc3ccccc3)O[C@@]3(C(=O)N(Cc4ccccc4)c4ccc(N5C(=O)COc6ccccc65)cc43)[C@@H]2C)cc1. The summed E-state index contributed by atoms with van der Waals surface area (Å²) in [5.41, 5.74) is 2.84. The second-order valence-electron chi connectivity index (χ2n) is 15.9. The van der Waals surface area contributed by atoms with E-state index in [1.54, 1.807) is 21.8 Å². The molecule has 3 aliphatic heterocycles. The number of carbonyl (C=O) groups excluding carboxylic acids is 3. The number of anilines is 3. The van der Waals surface area contributed by atoms with E-state index in [0.29, 0.717) is 41.5 Å². The van der Waals surface area contributed by atoms with Crippen LogP contribution in [0.5, 0.6) is 11.5 Å². The highest BCUT2D eigenvalue weighted by atomic mass is 28.3. The van der Waals surface area contributed by atoms with E-state index in [-0.39, 0.29) is 55.4 Å². The predicted molar refractivity (Wildman–Crippen MR) is 226 cm³/mol. The summed E-state index contributed by atoms with van der Waals surface area (Å²) in [5, 5.41) is 11.2. The lowest BCUT2D eigenvalue weighted by atomic mass is 9.82. The lowest BCUT2D eigenvalue weighted by molar-refractivity contribution is -0.150. The van der Waals surface area contributed by atoms with Gasteiger partial charge in [0.25, 0.3) is 11.8 Å². The first-order chi connectivity index (χ1) is 28.1. The average molecular weight is 796 g/mol. The highest BCUT2D eigenvalue weighted by Crippen LogP contribution is 2.61. The average Bonchev–Trinajstić information content (AvgIpc) is 3.66. The van der Waals surface area contributed by atoms with Crippen molar-refractivity contribution >= 4 is 48.0 Å². The van der Waals surface area contributed by atoms with Gasteiger partial charge in [-0.05, 0) is 59.1 Å². The van der Waals surface area contributed by atoms with Crippen molar-refractivity contribution in [2.75, 3.05) is 36.7 Å². The summed E-state index contributed by atoms with van der Waals surface area (Å²) < 4.78 is 18.7. The minimum atomic E-state index is -2.60. The number of hydrogen-bond donors (Lipinski definition) is 1. The number of amides is 3. The third-order valence-electron chi connectivity index (χ3n) is 12.3. The first kappa shape index (κ1) is 39.1. The molecule has 0 aromatic heterocycles. The number of nitrogens with zero attached hydrogens (tertiary/aromatic N) is 3. The first-order valence-electron chi connectivity index (χ1n) is 19.9. The van der Waals surface area contributed by atoms with Gasteiger partial charge in [-0.15, -0.1) is 0 Å². The largest absolute Gasteiger partial charge is 0.497 e. The van der Waals surface area contributed by atoms with Gasteiger partial charge in [0.1, 0.15) is 11.5 Å². The van der Waals surface area contributed by atoms with E-state index in [0.717, 1.165) is 22.1 Å². The molecule has 1 fully saturated rings. The van der Waals surface area contributed by atoms with Crippen molar-refractivity contribution in [1.29, 1.82) is 0 Å². The topological polar surface area (TPSA) is 109 Å². The van der Waals surface area contributed by atoms with E-state index in [1.807, 2.05) is 115 Å². The van der Waals surface area contributed by atoms with Gasteiger partial charge in [0, 0.05) is 30.3 Å². The molecular formula is C47H49N3O7Si. The minimum absolute atomic E-state index is 0.0203. The van der Waals surface area contributed by atoms with E-state index in [4.69, 9.17) is 14.2 Å². The van der Waals surface area contributed by atoms with Crippen molar-refractivity contribution in [3.63, 3.8) is 0 Å². The van der Waals surface area contributed by atoms with Gasteiger partial charge in [-0.25, -0.2) is 0 Å². The van der Waals surface area contributed by atoms with Crippen molar-refractivity contribution in [2.24, 2.45) is 5.92 Å². The Labute approximate surface area is 340 Å². The Morgan fingerprint density at radius 1 is 0.879 bits per heavy atom. The summed E-state index contributed by atoms with van der Waals surface area (Å²) in [6, 6.07) is 40.9. The molecule has 8 rings (SSSR count). The zero-order chi connectivity index (χ0) is 40.6. The Morgan fingerprint density at radius 3 is 2.24 bits per heavy atom. The molecule has 3 heterocycles. The second kappa shape index (κ2) is 15.9. The summed E-state index contributed by atoms with van der Waals surface area (Å²) in [7, 11) is -0.956. The Balaban J connectivity index is 1.26. The second-order valence-corrected chi connectivity index (χ2v) is 20.6. The summed E-state index contributed by atoms with van der Waals surface area (Å²) in [6.45, 7) is 7.18. The summed E-state index contributed by atoms with van der Waals surface area (Å²) in [5.74, 6) is 0.378. The van der Waals surface area contributed by atoms with Crippen LogP contribution in [0, 0.1) is 5.92 Å². The van der Waals surface area contributed by atoms with Crippen molar-refractivity contribution in [3.05, 3.63) is 144 Å². The number of ether oxygens (including phenoxy) is 3. The van der Waals surface area contributed by atoms with E-state index < -0.39 is 19.8 Å². The quantitative estimate of drug-likeness (QED) is 0.137. The van der Waals surface area contributed by atoms with Gasteiger partial charge < -0.3 is 29.1 Å². The standard InChI is InChI=1S/C47H49N3O7Si/c1-32-45(58(3,4)37-22-20-36(55-2)21-23-37)42(28-43(52)48(25-26-51)29-33-13-7-5-8-14-33)57-47(32)38-27-35(50-40-17-11-12-18-41(40)56-31-44(50)53)19-24-39(38)49(46(47)54)30-34-15-9-6-10-16-34/h5-24,27,32,42,45,51H,25-26,28-31H2,1-4H3/t32-,42+,45-,47+/m1/s1. The molecule has 3 aliphatic rings. The molecule has 10 nitrogen and oxygen atoms in total. The van der Waals surface area contributed by atoms with Crippen LogP contribution in [0.4, 0.5) is 17.1 Å². The molecule has 1 spiro atoms. The fourth-order valence-electron chi connectivity index (χ4n) is 9.47. The maximum atomic E-state index is 15.5. The van der Waals surface area contributed by atoms with Gasteiger partial charge in [0.2, 0.25) is 5.91 Å². The molecule has 5 aromatic carbocycles. The Morgan fingerprint density at radius 2 is 1.55 bits per heavy atom. The van der Waals surface area contributed by atoms with Crippen molar-refractivity contribution < 1.29 is 33.7 Å². The molecule has 0 aliphatic carbocycles. The molecule has 5 aromatic rings. The van der Waals surface area contributed by atoms with Crippen LogP contribution in [-0.4, -0.2) is 68.8 Å². The van der Waals surface area contributed by atoms with Crippen LogP contribution in [0.1, 0.15) is 30.0 Å². The van der Waals surface area contributed by atoms with Crippen LogP contribution >= 0.6 is 0 Å². The number of aliphatic hydroxyl groups is 1. The number of fused-ring (bicyclic) bond motifs is 3. The summed E-state index contributed by atoms with van der Waals surface area (Å²) >= 11 is 0. The number of para-hydroxylation sites is 2. The number of methoxy groups -OCH3 is 1. The number of rotatable bonds is 12. The van der Waals surface area contributed by atoms with E-state index >= 15 is 4.79 Å². The Bertz CT molecular complexity index is 2300. The van der Waals surface area contributed by atoms with Gasteiger partial charge in [0.05, 0.1) is 52.2 Å². The Kier molecular flexibility index (Phi) is 10.7. The Hall–Kier alpha value is -5.75. The van der Waals surface area contributed by atoms with E-state index in [1.165, 1.54) is 0 Å². The maximum absolute atomic E-state index is 15.5. The summed E-state index contributed by atoms with van der Waals surface area (Å²) in [4.78, 5) is 48.8. The normalized spacial score (nSPS) is 21.2.